The maximum Gasteiger partial charge on any atom is 0.251 e. The Morgan fingerprint density at radius 2 is 1.65 bits per heavy atom. The fourth-order valence-corrected chi connectivity index (χ4v) is 2.57. The van der Waals surface area contributed by atoms with E-state index in [1.165, 1.54) is 0 Å². The van der Waals surface area contributed by atoms with Crippen LogP contribution in [-0.2, 0) is 5.54 Å². The second-order valence-corrected chi connectivity index (χ2v) is 6.30. The van der Waals surface area contributed by atoms with Gasteiger partial charge in [0.05, 0.1) is 5.54 Å². The van der Waals surface area contributed by atoms with E-state index in [0.717, 1.165) is 22.6 Å². The summed E-state index contributed by atoms with van der Waals surface area (Å²) in [7, 11) is 0. The number of ether oxygens (including phenoxy) is 2. The van der Waals surface area contributed by atoms with Crippen molar-refractivity contribution in [3.05, 3.63) is 59.2 Å². The number of amides is 1. The largest absolute Gasteiger partial charge is 0.486 e. The van der Waals surface area contributed by atoms with Gasteiger partial charge in [-0.15, -0.1) is 0 Å². The van der Waals surface area contributed by atoms with Crippen LogP contribution in [0.15, 0.2) is 42.5 Å². The molecule has 0 unspecified atom stereocenters. The number of benzene rings is 2. The Hall–Kier alpha value is -2.49. The van der Waals surface area contributed by atoms with Crippen LogP contribution in [0, 0.1) is 6.92 Å². The van der Waals surface area contributed by atoms with E-state index >= 15 is 0 Å². The molecule has 0 spiro atoms. The molecule has 1 heterocycles. The van der Waals surface area contributed by atoms with Gasteiger partial charge in [-0.25, -0.2) is 0 Å². The molecular formula is C19H21NO3. The van der Waals surface area contributed by atoms with Gasteiger partial charge in [-0.3, -0.25) is 4.79 Å². The first-order chi connectivity index (χ1) is 11.0. The van der Waals surface area contributed by atoms with Gasteiger partial charge in [-0.1, -0.05) is 23.8 Å². The van der Waals surface area contributed by atoms with Crippen molar-refractivity contribution in [3.8, 4) is 11.5 Å². The van der Waals surface area contributed by atoms with Crippen LogP contribution >= 0.6 is 0 Å². The van der Waals surface area contributed by atoms with Crippen LogP contribution < -0.4 is 14.8 Å². The third-order valence-electron chi connectivity index (χ3n) is 4.00. The first-order valence-electron chi connectivity index (χ1n) is 7.75. The van der Waals surface area contributed by atoms with Gasteiger partial charge in [0.15, 0.2) is 11.5 Å². The molecule has 0 aromatic heterocycles. The molecule has 0 saturated carbocycles. The second kappa shape index (κ2) is 5.95. The summed E-state index contributed by atoms with van der Waals surface area (Å²) in [6.07, 6.45) is 0. The average molecular weight is 311 g/mol. The highest BCUT2D eigenvalue weighted by atomic mass is 16.6. The molecule has 1 N–H and O–H groups in total. The van der Waals surface area contributed by atoms with Crippen LogP contribution in [0.4, 0.5) is 0 Å². The van der Waals surface area contributed by atoms with Crippen LogP contribution in [0.2, 0.25) is 0 Å². The lowest BCUT2D eigenvalue weighted by atomic mass is 9.93. The van der Waals surface area contributed by atoms with E-state index in [4.69, 9.17) is 9.47 Å². The van der Waals surface area contributed by atoms with E-state index in [9.17, 15) is 4.79 Å². The lowest BCUT2D eigenvalue weighted by Crippen LogP contribution is -2.41. The van der Waals surface area contributed by atoms with E-state index in [1.807, 2.05) is 63.2 Å². The van der Waals surface area contributed by atoms with Gasteiger partial charge < -0.3 is 14.8 Å². The molecule has 2 aromatic carbocycles. The Balaban J connectivity index is 1.80. The summed E-state index contributed by atoms with van der Waals surface area (Å²) in [6.45, 7) is 7.07. The SMILES string of the molecule is Cc1ccc(C(=O)NC(C)(C)c2ccc3c(c2)OCCO3)cc1. The Labute approximate surface area is 136 Å². The van der Waals surface area contributed by atoms with E-state index in [-0.39, 0.29) is 5.91 Å². The highest BCUT2D eigenvalue weighted by Crippen LogP contribution is 2.34. The number of carbonyl (C=O) groups is 1. The molecule has 0 aliphatic carbocycles. The van der Waals surface area contributed by atoms with Crippen molar-refractivity contribution in [2.24, 2.45) is 0 Å². The van der Waals surface area contributed by atoms with Gasteiger partial charge in [-0.2, -0.15) is 0 Å². The van der Waals surface area contributed by atoms with E-state index in [1.54, 1.807) is 0 Å². The number of nitrogens with one attached hydrogen (secondary N) is 1. The average Bonchev–Trinajstić information content (AvgIpc) is 2.54. The fraction of sp³-hybridized carbons (Fsp3) is 0.316. The summed E-state index contributed by atoms with van der Waals surface area (Å²) < 4.78 is 11.2. The molecule has 0 radical (unpaired) electrons. The van der Waals surface area contributed by atoms with Crippen molar-refractivity contribution in [2.75, 3.05) is 13.2 Å². The van der Waals surface area contributed by atoms with Crippen molar-refractivity contribution < 1.29 is 14.3 Å². The molecule has 23 heavy (non-hydrogen) atoms. The minimum Gasteiger partial charge on any atom is -0.486 e. The number of fused-ring (bicyclic) bond motifs is 1. The third-order valence-corrected chi connectivity index (χ3v) is 4.00. The predicted octanol–water partition coefficient (Wildman–Crippen LogP) is 3.43. The molecule has 0 fully saturated rings. The van der Waals surface area contributed by atoms with E-state index in [2.05, 4.69) is 5.32 Å². The molecule has 2 aromatic rings. The number of hydrogen-bond donors (Lipinski definition) is 1. The van der Waals surface area contributed by atoms with Crippen LogP contribution in [0.5, 0.6) is 11.5 Å². The Morgan fingerprint density at radius 1 is 1.00 bits per heavy atom. The third kappa shape index (κ3) is 3.31. The van der Waals surface area contributed by atoms with Gasteiger partial charge in [0.1, 0.15) is 13.2 Å². The van der Waals surface area contributed by atoms with Crippen molar-refractivity contribution in [1.82, 2.24) is 5.32 Å². The molecule has 120 valence electrons. The molecule has 0 atom stereocenters. The highest BCUT2D eigenvalue weighted by Gasteiger charge is 2.25. The summed E-state index contributed by atoms with van der Waals surface area (Å²) in [6, 6.07) is 13.3. The lowest BCUT2D eigenvalue weighted by molar-refractivity contribution is 0.0911. The summed E-state index contributed by atoms with van der Waals surface area (Å²) in [5, 5.41) is 3.08. The van der Waals surface area contributed by atoms with Crippen LogP contribution in [0.25, 0.3) is 0 Å². The molecule has 1 aliphatic rings. The van der Waals surface area contributed by atoms with Gasteiger partial charge in [0.25, 0.3) is 5.91 Å². The number of aryl methyl sites for hydroxylation is 1. The Morgan fingerprint density at radius 3 is 2.35 bits per heavy atom. The number of rotatable bonds is 3. The van der Waals surface area contributed by atoms with Crippen molar-refractivity contribution in [1.29, 1.82) is 0 Å². The number of hydrogen-bond acceptors (Lipinski definition) is 3. The molecule has 0 bridgehead atoms. The maximum absolute atomic E-state index is 12.5. The Kier molecular flexibility index (Phi) is 3.99. The monoisotopic (exact) mass is 311 g/mol. The van der Waals surface area contributed by atoms with Gasteiger partial charge >= 0.3 is 0 Å². The van der Waals surface area contributed by atoms with Gasteiger partial charge in [0, 0.05) is 5.56 Å². The minimum absolute atomic E-state index is 0.0927. The molecule has 4 heteroatoms. The smallest absolute Gasteiger partial charge is 0.251 e. The molecule has 1 aliphatic heterocycles. The summed E-state index contributed by atoms with van der Waals surface area (Å²) in [5.74, 6) is 1.39. The number of carbonyl (C=O) groups excluding carboxylic acids is 1. The minimum atomic E-state index is -0.516. The van der Waals surface area contributed by atoms with E-state index < -0.39 is 5.54 Å². The second-order valence-electron chi connectivity index (χ2n) is 6.30. The highest BCUT2D eigenvalue weighted by molar-refractivity contribution is 5.94. The molecular weight excluding hydrogens is 290 g/mol. The first-order valence-corrected chi connectivity index (χ1v) is 7.75. The van der Waals surface area contributed by atoms with Crippen LogP contribution in [0.1, 0.15) is 35.3 Å². The maximum atomic E-state index is 12.5. The lowest BCUT2D eigenvalue weighted by Gasteiger charge is -2.28. The quantitative estimate of drug-likeness (QED) is 0.944. The summed E-state index contributed by atoms with van der Waals surface area (Å²) in [5.41, 5.74) is 2.24. The van der Waals surface area contributed by atoms with Gasteiger partial charge in [0.2, 0.25) is 0 Å². The standard InChI is InChI=1S/C19H21NO3/c1-13-4-6-14(7-5-13)18(21)20-19(2,3)15-8-9-16-17(12-15)23-11-10-22-16/h4-9,12H,10-11H2,1-3H3,(H,20,21). The zero-order chi connectivity index (χ0) is 16.4. The normalized spacial score (nSPS) is 13.5. The topological polar surface area (TPSA) is 47.6 Å². The van der Waals surface area contributed by atoms with E-state index in [0.29, 0.717) is 18.8 Å². The van der Waals surface area contributed by atoms with Crippen LogP contribution in [-0.4, -0.2) is 19.1 Å². The van der Waals surface area contributed by atoms with Crippen molar-refractivity contribution in [3.63, 3.8) is 0 Å². The van der Waals surface area contributed by atoms with Crippen molar-refractivity contribution >= 4 is 5.91 Å². The molecule has 3 rings (SSSR count). The first kappa shape index (κ1) is 15.4. The Bertz CT molecular complexity index is 720. The molecule has 1 amide bonds. The zero-order valence-electron chi connectivity index (χ0n) is 13.7. The summed E-state index contributed by atoms with van der Waals surface area (Å²) >= 11 is 0. The van der Waals surface area contributed by atoms with Gasteiger partial charge in [-0.05, 0) is 50.6 Å². The molecule has 4 nitrogen and oxygen atoms in total. The van der Waals surface area contributed by atoms with Crippen LogP contribution in [0.3, 0.4) is 0 Å². The predicted molar refractivity (Wildman–Crippen MR) is 89.1 cm³/mol. The van der Waals surface area contributed by atoms with Crippen molar-refractivity contribution in [2.45, 2.75) is 26.3 Å². The summed E-state index contributed by atoms with van der Waals surface area (Å²) in [4.78, 5) is 12.5. The fourth-order valence-electron chi connectivity index (χ4n) is 2.57. The molecule has 0 saturated heterocycles. The zero-order valence-corrected chi connectivity index (χ0v) is 13.7.